The number of aromatic nitrogens is 3. The van der Waals surface area contributed by atoms with Crippen molar-refractivity contribution in [2.45, 2.75) is 160 Å². The van der Waals surface area contributed by atoms with Crippen LogP contribution in [0.1, 0.15) is 108 Å². The van der Waals surface area contributed by atoms with Crippen LogP contribution >= 0.6 is 0 Å². The van der Waals surface area contributed by atoms with Gasteiger partial charge in [-0.2, -0.15) is 0 Å². The molecule has 23 nitrogen and oxygen atoms in total. The quantitative estimate of drug-likeness (QED) is 0.0245. The number of phenols is 1. The Morgan fingerprint density at radius 1 is 0.583 bits per heavy atom. The Morgan fingerprint density at radius 3 is 1.71 bits per heavy atom. The second kappa shape index (κ2) is 30.2. The SMILES string of the molecule is COC(=O)[C@H](Cc1ccc(O)cc1)NC(=O)[C@H](Cc1c[nH]c2ccccc12)NC(=O)CC[C@H]1CCC[C@@H](NC(=O)[C@H](Cc2cn(C(=O)OC(C)(C)C)c3ccccc23)NC(=O)[C@H](Cc2cn(C(=O)OC(C)(C)C)c3ccccc23)NC(=O)OCc2ccccc2)C12OCCCO2. The highest BCUT2D eigenvalue weighted by molar-refractivity contribution is 5.97. The number of benzene rings is 5. The molecule has 0 bridgehead atoms. The van der Waals surface area contributed by atoms with E-state index in [1.807, 2.05) is 30.3 Å². The van der Waals surface area contributed by atoms with E-state index in [1.54, 1.807) is 145 Å². The number of rotatable bonds is 22. The number of para-hydroxylation sites is 3. The summed E-state index contributed by atoms with van der Waals surface area (Å²) in [5.41, 5.74) is 3.13. The van der Waals surface area contributed by atoms with E-state index in [9.17, 15) is 33.9 Å². The van der Waals surface area contributed by atoms with Gasteiger partial charge in [-0.25, -0.2) is 19.2 Å². The molecule has 1 spiro atoms. The molecule has 0 radical (unpaired) electrons. The smallest absolute Gasteiger partial charge is 0.419 e. The number of nitrogens with one attached hydrogen (secondary N) is 6. The van der Waals surface area contributed by atoms with Crippen LogP contribution in [0.4, 0.5) is 14.4 Å². The number of hydrogen-bond acceptors (Lipinski definition) is 15. The molecule has 1 aliphatic carbocycles. The van der Waals surface area contributed by atoms with Gasteiger partial charge in [0.1, 0.15) is 47.7 Å². The topological polar surface area (TPSA) is 298 Å². The van der Waals surface area contributed by atoms with Gasteiger partial charge in [-0.1, -0.05) is 103 Å². The first kappa shape index (κ1) is 68.8. The first-order valence-corrected chi connectivity index (χ1v) is 32.4. The number of H-pyrrole nitrogens is 1. The van der Waals surface area contributed by atoms with Crippen LogP contribution in [0.5, 0.6) is 5.75 Å². The number of aromatic amines is 1. The maximum Gasteiger partial charge on any atom is 0.419 e. The summed E-state index contributed by atoms with van der Waals surface area (Å²) in [5, 5.41) is 26.7. The molecule has 506 valence electrons. The van der Waals surface area contributed by atoms with Crippen molar-refractivity contribution in [2.75, 3.05) is 20.3 Å². The minimum atomic E-state index is -1.47. The molecule has 6 atom stereocenters. The van der Waals surface area contributed by atoms with Gasteiger partial charge in [-0.3, -0.25) is 28.3 Å². The van der Waals surface area contributed by atoms with Gasteiger partial charge in [-0.15, -0.1) is 0 Å². The summed E-state index contributed by atoms with van der Waals surface area (Å²) in [6.45, 7) is 10.9. The van der Waals surface area contributed by atoms with Gasteiger partial charge in [0.15, 0.2) is 5.79 Å². The van der Waals surface area contributed by atoms with Crippen LogP contribution in [0.25, 0.3) is 32.7 Å². The number of carbonyl (C=O) groups is 8. The molecular weight excluding hydrogens is 1230 g/mol. The fourth-order valence-electron chi connectivity index (χ4n) is 12.6. The minimum Gasteiger partial charge on any atom is -0.508 e. The first-order chi connectivity index (χ1) is 45.9. The monoisotopic (exact) mass is 1310 g/mol. The molecule has 0 unspecified atom stereocenters. The van der Waals surface area contributed by atoms with Crippen molar-refractivity contribution in [3.05, 3.63) is 174 Å². The largest absolute Gasteiger partial charge is 0.508 e. The lowest BCUT2D eigenvalue weighted by atomic mass is 9.76. The number of ether oxygens (including phenoxy) is 6. The van der Waals surface area contributed by atoms with Crippen LogP contribution in [-0.4, -0.2) is 135 Å². The van der Waals surface area contributed by atoms with Crippen molar-refractivity contribution in [2.24, 2.45) is 5.92 Å². The summed E-state index contributed by atoms with van der Waals surface area (Å²) in [6.07, 6.45) is 4.42. The predicted molar refractivity (Wildman–Crippen MR) is 357 cm³/mol. The lowest BCUT2D eigenvalue weighted by molar-refractivity contribution is -0.317. The normalized spacial score (nSPS) is 16.7. The molecule has 10 rings (SSSR count). The van der Waals surface area contributed by atoms with Gasteiger partial charge >= 0.3 is 24.2 Å². The van der Waals surface area contributed by atoms with E-state index in [0.717, 1.165) is 16.5 Å². The van der Waals surface area contributed by atoms with Crippen molar-refractivity contribution < 1.29 is 71.9 Å². The van der Waals surface area contributed by atoms with E-state index in [-0.39, 0.29) is 64.1 Å². The Kier molecular flexibility index (Phi) is 21.6. The number of amides is 5. The Hall–Kier alpha value is -10.0. The van der Waals surface area contributed by atoms with E-state index in [4.69, 9.17) is 28.4 Å². The second-order valence-electron chi connectivity index (χ2n) is 26.4. The number of phenolic OH excluding ortho intramolecular Hbond substituents is 1. The first-order valence-electron chi connectivity index (χ1n) is 32.4. The van der Waals surface area contributed by atoms with Gasteiger partial charge in [0.05, 0.1) is 37.4 Å². The Bertz CT molecular complexity index is 4100. The van der Waals surface area contributed by atoms with Gasteiger partial charge in [0, 0.05) is 78.3 Å². The summed E-state index contributed by atoms with van der Waals surface area (Å²) >= 11 is 0. The van der Waals surface area contributed by atoms with E-state index >= 15 is 9.59 Å². The lowest BCUT2D eigenvalue weighted by Gasteiger charge is -2.50. The molecule has 23 heteroatoms. The predicted octanol–water partition coefficient (Wildman–Crippen LogP) is 9.74. The number of methoxy groups -OCH3 is 1. The van der Waals surface area contributed by atoms with Crippen LogP contribution in [0.15, 0.2) is 146 Å². The van der Waals surface area contributed by atoms with Crippen LogP contribution in [0.2, 0.25) is 0 Å². The number of carbonyl (C=O) groups excluding carboxylic acids is 8. The van der Waals surface area contributed by atoms with Crippen molar-refractivity contribution in [1.82, 2.24) is 40.7 Å². The molecule has 7 N–H and O–H groups in total. The Morgan fingerprint density at radius 2 is 1.11 bits per heavy atom. The minimum absolute atomic E-state index is 0.0305. The highest BCUT2D eigenvalue weighted by Crippen LogP contribution is 2.43. The Balaban J connectivity index is 0.936. The molecule has 2 fully saturated rings. The molecule has 1 saturated carbocycles. The molecule has 5 amide bonds. The highest BCUT2D eigenvalue weighted by atomic mass is 16.7. The number of alkyl carbamates (subject to hydrolysis) is 1. The summed E-state index contributed by atoms with van der Waals surface area (Å²) in [4.78, 5) is 118. The molecular formula is C73H84N8O15. The molecule has 1 aliphatic heterocycles. The maximum absolute atomic E-state index is 15.6. The van der Waals surface area contributed by atoms with Crippen molar-refractivity contribution in [1.29, 1.82) is 0 Å². The van der Waals surface area contributed by atoms with Crippen LogP contribution in [0, 0.1) is 5.92 Å². The number of esters is 1. The third kappa shape index (κ3) is 17.1. The average molecular weight is 1310 g/mol. The Labute approximate surface area is 556 Å². The molecule has 3 aromatic heterocycles. The van der Waals surface area contributed by atoms with Gasteiger partial charge in [0.25, 0.3) is 0 Å². The maximum atomic E-state index is 15.6. The number of hydrogen-bond donors (Lipinski definition) is 7. The second-order valence-corrected chi connectivity index (χ2v) is 26.4. The van der Waals surface area contributed by atoms with Gasteiger partial charge in [-0.05, 0) is 125 Å². The zero-order valence-corrected chi connectivity index (χ0v) is 55.1. The molecule has 4 heterocycles. The number of fused-ring (bicyclic) bond motifs is 3. The van der Waals surface area contributed by atoms with Crippen molar-refractivity contribution in [3.8, 4) is 5.75 Å². The molecule has 96 heavy (non-hydrogen) atoms. The summed E-state index contributed by atoms with van der Waals surface area (Å²) in [6, 6.07) is 30.9. The lowest BCUT2D eigenvalue weighted by Crippen LogP contribution is -2.65. The third-order valence-corrected chi connectivity index (χ3v) is 17.1. The van der Waals surface area contributed by atoms with Gasteiger partial charge in [0.2, 0.25) is 23.6 Å². The summed E-state index contributed by atoms with van der Waals surface area (Å²) in [7, 11) is 1.22. The van der Waals surface area contributed by atoms with Crippen LogP contribution in [-0.2, 0) is 84.7 Å². The zero-order chi connectivity index (χ0) is 68.3. The zero-order valence-electron chi connectivity index (χ0n) is 55.1. The van der Waals surface area contributed by atoms with E-state index in [0.29, 0.717) is 69.7 Å². The van der Waals surface area contributed by atoms with Crippen LogP contribution < -0.4 is 26.6 Å². The standard InChI is InChI=1S/C73H84N8O15/c1-71(2,3)95-69(89)80-42-48(53-23-12-15-26-60(53)80)39-57(76-65(85)58(78-68(88)92-44-46-19-9-8-10-20-46)40-49-43-81(70(90)96-72(4,5)6)61-27-16-13-24-54(49)61)66(86)79-62-28-17-21-50(73(62)93-35-18-36-94-73)31-34-63(83)75-56(38-47-41-74-55-25-14-11-22-52(47)55)64(84)77-59(67(87)91-7)37-45-29-32-51(82)33-30-45/h8-16,19-20,22-27,29-30,32-33,41-43,50,56-59,62,74,82H,17-18,21,28,31,34-40,44H2,1-7H3,(H,75,83)(H,76,85)(H,77,84)(H,78,88)(H,79,86)/t50-,56+,57+,58+,59+,62-/m1/s1. The summed E-state index contributed by atoms with van der Waals surface area (Å²) in [5.74, 6) is -5.20. The van der Waals surface area contributed by atoms with Crippen molar-refractivity contribution >= 4 is 80.6 Å². The third-order valence-electron chi connectivity index (χ3n) is 17.1. The average Bonchev–Trinajstić information content (AvgIpc) is 1.28. The van der Waals surface area contributed by atoms with E-state index in [2.05, 4.69) is 31.6 Å². The van der Waals surface area contributed by atoms with E-state index < -0.39 is 101 Å². The number of aromatic hydroxyl groups is 1. The molecule has 5 aromatic carbocycles. The molecule has 2 aliphatic rings. The van der Waals surface area contributed by atoms with Crippen molar-refractivity contribution in [3.63, 3.8) is 0 Å². The summed E-state index contributed by atoms with van der Waals surface area (Å²) < 4.78 is 38.5. The fraction of sp³-hybridized carbons (Fsp3) is 0.397. The van der Waals surface area contributed by atoms with Gasteiger partial charge < -0.3 is 65.1 Å². The van der Waals surface area contributed by atoms with E-state index in [1.165, 1.54) is 28.4 Å². The fourth-order valence-corrected chi connectivity index (χ4v) is 12.6. The van der Waals surface area contributed by atoms with Crippen LogP contribution in [0.3, 0.4) is 0 Å². The molecule has 8 aromatic rings. The molecule has 1 saturated heterocycles. The highest BCUT2D eigenvalue weighted by Gasteiger charge is 2.52. The number of nitrogens with zero attached hydrogens (tertiary/aromatic N) is 2.